The molecule has 0 spiro atoms. The number of hydrogen-bond donors (Lipinski definition) is 1. The van der Waals surface area contributed by atoms with Gasteiger partial charge in [-0.25, -0.2) is 0 Å². The van der Waals surface area contributed by atoms with Crippen LogP contribution in [-0.2, 0) is 5.54 Å². The van der Waals surface area contributed by atoms with Gasteiger partial charge in [-0.05, 0) is 31.5 Å². The van der Waals surface area contributed by atoms with E-state index in [2.05, 4.69) is 16.0 Å². The van der Waals surface area contributed by atoms with Crippen molar-refractivity contribution >= 4 is 10.9 Å². The van der Waals surface area contributed by atoms with Crippen LogP contribution >= 0.6 is 0 Å². The zero-order chi connectivity index (χ0) is 10.2. The van der Waals surface area contributed by atoms with Crippen LogP contribution in [0.2, 0.25) is 0 Å². The fourth-order valence-corrected chi connectivity index (χ4v) is 1.32. The lowest BCUT2D eigenvalue weighted by molar-refractivity contribution is 0.553. The molecule has 2 aromatic heterocycles. The molecule has 0 amide bonds. The quantitative estimate of drug-likeness (QED) is 0.741. The van der Waals surface area contributed by atoms with Gasteiger partial charge in [0.1, 0.15) is 0 Å². The maximum atomic E-state index is 5.99. The monoisotopic (exact) mass is 187 g/mol. The van der Waals surface area contributed by atoms with Gasteiger partial charge in [0.15, 0.2) is 0 Å². The zero-order valence-electron chi connectivity index (χ0n) is 8.36. The Hall–Kier alpha value is -1.48. The third kappa shape index (κ3) is 1.59. The van der Waals surface area contributed by atoms with Gasteiger partial charge in [-0.2, -0.15) is 0 Å². The first kappa shape index (κ1) is 9.09. The Bertz CT molecular complexity index is 457. The van der Waals surface area contributed by atoms with Crippen LogP contribution in [0, 0.1) is 0 Å². The van der Waals surface area contributed by atoms with Crippen LogP contribution in [0.3, 0.4) is 0 Å². The lowest BCUT2D eigenvalue weighted by atomic mass is 9.96. The predicted molar refractivity (Wildman–Crippen MR) is 56.8 cm³/mol. The maximum Gasteiger partial charge on any atom is 0.0885 e. The van der Waals surface area contributed by atoms with Crippen molar-refractivity contribution in [2.45, 2.75) is 19.4 Å². The fourth-order valence-electron chi connectivity index (χ4n) is 1.32. The van der Waals surface area contributed by atoms with Crippen LogP contribution < -0.4 is 5.73 Å². The smallest absolute Gasteiger partial charge is 0.0885 e. The van der Waals surface area contributed by atoms with E-state index in [1.807, 2.05) is 26.1 Å². The van der Waals surface area contributed by atoms with E-state index in [1.165, 1.54) is 0 Å². The van der Waals surface area contributed by atoms with Gasteiger partial charge in [-0.1, -0.05) is 0 Å². The number of rotatable bonds is 1. The summed E-state index contributed by atoms with van der Waals surface area (Å²) in [5.74, 6) is 0. The van der Waals surface area contributed by atoms with Gasteiger partial charge >= 0.3 is 0 Å². The van der Waals surface area contributed by atoms with Gasteiger partial charge in [0.25, 0.3) is 0 Å². The number of nitrogens with zero attached hydrogens (tertiary/aromatic N) is 2. The highest BCUT2D eigenvalue weighted by Gasteiger charge is 2.14. The van der Waals surface area contributed by atoms with Crippen LogP contribution in [0.15, 0.2) is 30.7 Å². The molecule has 3 heteroatoms. The van der Waals surface area contributed by atoms with Gasteiger partial charge in [-0.3, -0.25) is 9.97 Å². The highest BCUT2D eigenvalue weighted by Crippen LogP contribution is 2.19. The molecule has 72 valence electrons. The summed E-state index contributed by atoms with van der Waals surface area (Å²) in [4.78, 5) is 8.32. The SMILES string of the molecule is CC(C)(N)c1cnc2cnccc2c1. The van der Waals surface area contributed by atoms with Crippen molar-refractivity contribution in [2.24, 2.45) is 5.73 Å². The molecule has 0 radical (unpaired) electrons. The van der Waals surface area contributed by atoms with E-state index in [1.54, 1.807) is 12.4 Å². The molecule has 0 aliphatic heterocycles. The molecule has 0 unspecified atom stereocenters. The minimum Gasteiger partial charge on any atom is -0.322 e. The predicted octanol–water partition coefficient (Wildman–Crippen LogP) is 1.82. The summed E-state index contributed by atoms with van der Waals surface area (Å²) in [6.45, 7) is 3.94. The molecule has 2 aromatic rings. The van der Waals surface area contributed by atoms with E-state index >= 15 is 0 Å². The van der Waals surface area contributed by atoms with E-state index in [0.29, 0.717) is 0 Å². The molecular formula is C11H13N3. The largest absolute Gasteiger partial charge is 0.322 e. The summed E-state index contributed by atoms with van der Waals surface area (Å²) >= 11 is 0. The average molecular weight is 187 g/mol. The van der Waals surface area contributed by atoms with Crippen molar-refractivity contribution in [3.8, 4) is 0 Å². The van der Waals surface area contributed by atoms with Crippen LogP contribution in [0.5, 0.6) is 0 Å². The van der Waals surface area contributed by atoms with E-state index < -0.39 is 0 Å². The number of nitrogens with two attached hydrogens (primary N) is 1. The Labute approximate surface area is 83.0 Å². The summed E-state index contributed by atoms with van der Waals surface area (Å²) in [5, 5.41) is 1.08. The highest BCUT2D eigenvalue weighted by atomic mass is 14.7. The topological polar surface area (TPSA) is 51.8 Å². The molecule has 0 aromatic carbocycles. The van der Waals surface area contributed by atoms with Gasteiger partial charge < -0.3 is 5.73 Å². The molecule has 0 fully saturated rings. The number of hydrogen-bond acceptors (Lipinski definition) is 3. The maximum absolute atomic E-state index is 5.99. The second kappa shape index (κ2) is 3.03. The van der Waals surface area contributed by atoms with E-state index in [4.69, 9.17) is 5.73 Å². The minimum absolute atomic E-state index is 0.343. The second-order valence-corrected chi connectivity index (χ2v) is 4.01. The number of pyridine rings is 2. The molecule has 0 saturated heterocycles. The minimum atomic E-state index is -0.343. The molecule has 0 atom stereocenters. The number of aromatic nitrogens is 2. The Morgan fingerprint density at radius 1 is 1.29 bits per heavy atom. The molecule has 0 bridgehead atoms. The van der Waals surface area contributed by atoms with Crippen LogP contribution in [0.1, 0.15) is 19.4 Å². The van der Waals surface area contributed by atoms with Crippen molar-refractivity contribution in [2.75, 3.05) is 0 Å². The summed E-state index contributed by atoms with van der Waals surface area (Å²) in [6, 6.07) is 4.00. The average Bonchev–Trinajstić information content (AvgIpc) is 2.16. The van der Waals surface area contributed by atoms with Gasteiger partial charge in [0.05, 0.1) is 11.7 Å². The lowest BCUT2D eigenvalue weighted by Crippen LogP contribution is -2.28. The third-order valence-corrected chi connectivity index (χ3v) is 2.23. The third-order valence-electron chi connectivity index (χ3n) is 2.23. The lowest BCUT2D eigenvalue weighted by Gasteiger charge is -2.18. The normalized spacial score (nSPS) is 11.9. The van der Waals surface area contributed by atoms with Crippen LogP contribution in [-0.4, -0.2) is 9.97 Å². The first-order valence-corrected chi connectivity index (χ1v) is 4.56. The highest BCUT2D eigenvalue weighted by molar-refractivity contribution is 5.77. The fraction of sp³-hybridized carbons (Fsp3) is 0.273. The molecule has 0 saturated carbocycles. The Balaban J connectivity index is 2.63. The molecule has 2 heterocycles. The first-order valence-electron chi connectivity index (χ1n) is 4.56. The summed E-state index contributed by atoms with van der Waals surface area (Å²) < 4.78 is 0. The molecular weight excluding hydrogens is 174 g/mol. The summed E-state index contributed by atoms with van der Waals surface area (Å²) in [5.41, 5.74) is 7.59. The summed E-state index contributed by atoms with van der Waals surface area (Å²) in [6.07, 6.45) is 5.32. The van der Waals surface area contributed by atoms with Crippen molar-refractivity contribution in [1.82, 2.24) is 9.97 Å². The molecule has 0 aliphatic carbocycles. The molecule has 2 rings (SSSR count). The van der Waals surface area contributed by atoms with Crippen molar-refractivity contribution in [3.63, 3.8) is 0 Å². The first-order chi connectivity index (χ1) is 6.57. The Morgan fingerprint density at radius 2 is 2.07 bits per heavy atom. The van der Waals surface area contributed by atoms with Gasteiger partial charge in [0, 0.05) is 23.3 Å². The van der Waals surface area contributed by atoms with Crippen LogP contribution in [0.4, 0.5) is 0 Å². The van der Waals surface area contributed by atoms with Gasteiger partial charge in [0.2, 0.25) is 0 Å². The molecule has 14 heavy (non-hydrogen) atoms. The summed E-state index contributed by atoms with van der Waals surface area (Å²) in [7, 11) is 0. The van der Waals surface area contributed by atoms with E-state index in [0.717, 1.165) is 16.5 Å². The van der Waals surface area contributed by atoms with E-state index in [9.17, 15) is 0 Å². The van der Waals surface area contributed by atoms with Crippen molar-refractivity contribution in [3.05, 3.63) is 36.3 Å². The standard InChI is InChI=1S/C11H13N3/c1-11(2,12)9-5-8-3-4-13-7-10(8)14-6-9/h3-7H,12H2,1-2H3. The second-order valence-electron chi connectivity index (χ2n) is 4.01. The number of fused-ring (bicyclic) bond motifs is 1. The van der Waals surface area contributed by atoms with Gasteiger partial charge in [-0.15, -0.1) is 0 Å². The Morgan fingerprint density at radius 3 is 2.79 bits per heavy atom. The van der Waals surface area contributed by atoms with E-state index in [-0.39, 0.29) is 5.54 Å². The van der Waals surface area contributed by atoms with Crippen molar-refractivity contribution in [1.29, 1.82) is 0 Å². The van der Waals surface area contributed by atoms with Crippen molar-refractivity contribution < 1.29 is 0 Å². The zero-order valence-corrected chi connectivity index (χ0v) is 8.36. The Kier molecular flexibility index (Phi) is 1.97. The molecule has 0 aliphatic rings. The van der Waals surface area contributed by atoms with Crippen LogP contribution in [0.25, 0.3) is 10.9 Å². The molecule has 2 N–H and O–H groups in total. The molecule has 3 nitrogen and oxygen atoms in total.